The third-order valence-corrected chi connectivity index (χ3v) is 8.03. The van der Waals surface area contributed by atoms with Gasteiger partial charge in [-0.15, -0.1) is 0 Å². The molecule has 0 amide bonds. The molecular weight excluding hydrogens is 562 g/mol. The molecular formula is C41H29N5. The molecule has 0 aliphatic rings. The smallest absolute Gasteiger partial charge is 0.238 e. The van der Waals surface area contributed by atoms with Gasteiger partial charge in [-0.2, -0.15) is 9.97 Å². The minimum atomic E-state index is 0.567. The fourth-order valence-electron chi connectivity index (χ4n) is 5.88. The van der Waals surface area contributed by atoms with Gasteiger partial charge in [-0.05, 0) is 54.1 Å². The van der Waals surface area contributed by atoms with Crippen LogP contribution in [0.3, 0.4) is 0 Å². The molecule has 2 aromatic heterocycles. The molecule has 0 bridgehead atoms. The lowest BCUT2D eigenvalue weighted by Gasteiger charge is -2.25. The zero-order valence-corrected chi connectivity index (χ0v) is 25.0. The first kappa shape index (κ1) is 27.2. The summed E-state index contributed by atoms with van der Waals surface area (Å²) in [6, 6.07) is 60.4. The minimum Gasteiger partial charge on any atom is -0.310 e. The average molecular weight is 592 g/mol. The Morgan fingerprint density at radius 2 is 0.848 bits per heavy atom. The number of para-hydroxylation sites is 2. The summed E-state index contributed by atoms with van der Waals surface area (Å²) < 4.78 is 2.16. The van der Waals surface area contributed by atoms with Crippen molar-refractivity contribution in [3.05, 3.63) is 176 Å². The third-order valence-electron chi connectivity index (χ3n) is 8.03. The van der Waals surface area contributed by atoms with Gasteiger partial charge in [-0.3, -0.25) is 4.57 Å². The van der Waals surface area contributed by atoms with Crippen LogP contribution in [-0.2, 0) is 0 Å². The monoisotopic (exact) mass is 591 g/mol. The number of benzene rings is 6. The van der Waals surface area contributed by atoms with Crippen LogP contribution in [-0.4, -0.2) is 19.5 Å². The van der Waals surface area contributed by atoms with E-state index in [2.05, 4.69) is 107 Å². The second-order valence-corrected chi connectivity index (χ2v) is 11.0. The molecule has 0 N–H and O–H groups in total. The zero-order chi connectivity index (χ0) is 30.7. The van der Waals surface area contributed by atoms with Crippen molar-refractivity contribution < 1.29 is 0 Å². The van der Waals surface area contributed by atoms with Gasteiger partial charge in [-0.1, -0.05) is 127 Å². The van der Waals surface area contributed by atoms with Crippen molar-refractivity contribution >= 4 is 28.0 Å². The molecule has 2 heterocycles. The molecule has 0 aliphatic carbocycles. The van der Waals surface area contributed by atoms with Gasteiger partial charge < -0.3 is 4.90 Å². The number of anilines is 3. The van der Waals surface area contributed by atoms with E-state index in [9.17, 15) is 0 Å². The third kappa shape index (κ3) is 5.20. The summed E-state index contributed by atoms with van der Waals surface area (Å²) in [5.74, 6) is 1.82. The van der Waals surface area contributed by atoms with E-state index in [4.69, 9.17) is 15.0 Å². The summed E-state index contributed by atoms with van der Waals surface area (Å²) in [5, 5.41) is 1.08. The molecule has 0 saturated heterocycles. The Hall–Kier alpha value is -6.33. The summed E-state index contributed by atoms with van der Waals surface area (Å²) in [5.41, 5.74) is 8.20. The molecule has 5 heteroatoms. The Labute approximate surface area is 267 Å². The summed E-state index contributed by atoms with van der Waals surface area (Å²) >= 11 is 0. The second-order valence-electron chi connectivity index (χ2n) is 11.0. The van der Waals surface area contributed by atoms with Gasteiger partial charge in [0.1, 0.15) is 0 Å². The number of rotatable bonds is 7. The molecule has 0 saturated carbocycles. The Kier molecular flexibility index (Phi) is 7.09. The van der Waals surface area contributed by atoms with Crippen LogP contribution in [0.15, 0.2) is 176 Å². The maximum atomic E-state index is 5.09. The van der Waals surface area contributed by atoms with E-state index < -0.39 is 0 Å². The lowest BCUT2D eigenvalue weighted by atomic mass is 10.1. The first-order chi connectivity index (χ1) is 22.8. The minimum absolute atomic E-state index is 0.567. The summed E-state index contributed by atoms with van der Waals surface area (Å²) in [6.45, 7) is 0. The molecule has 0 atom stereocenters. The van der Waals surface area contributed by atoms with Crippen molar-refractivity contribution in [3.63, 3.8) is 0 Å². The van der Waals surface area contributed by atoms with E-state index >= 15 is 0 Å². The number of aromatic nitrogens is 4. The largest absolute Gasteiger partial charge is 0.310 e. The van der Waals surface area contributed by atoms with Gasteiger partial charge in [0.25, 0.3) is 0 Å². The maximum absolute atomic E-state index is 5.09. The molecule has 218 valence electrons. The van der Waals surface area contributed by atoms with Crippen molar-refractivity contribution in [1.82, 2.24) is 19.5 Å². The van der Waals surface area contributed by atoms with Gasteiger partial charge in [0.05, 0.1) is 11.2 Å². The van der Waals surface area contributed by atoms with Crippen LogP contribution in [0.1, 0.15) is 0 Å². The van der Waals surface area contributed by atoms with Crippen LogP contribution in [0.5, 0.6) is 0 Å². The Balaban J connectivity index is 1.37. The molecule has 6 aromatic carbocycles. The average Bonchev–Trinajstić information content (AvgIpc) is 3.53. The van der Waals surface area contributed by atoms with Crippen molar-refractivity contribution in [3.8, 4) is 40.0 Å². The Bertz CT molecular complexity index is 2130. The first-order valence-electron chi connectivity index (χ1n) is 15.3. The van der Waals surface area contributed by atoms with Crippen molar-refractivity contribution in [2.45, 2.75) is 0 Å². The predicted molar refractivity (Wildman–Crippen MR) is 188 cm³/mol. The predicted octanol–water partition coefficient (Wildman–Crippen LogP) is 10.3. The summed E-state index contributed by atoms with van der Waals surface area (Å²) in [4.78, 5) is 17.4. The highest BCUT2D eigenvalue weighted by Gasteiger charge is 2.20. The van der Waals surface area contributed by atoms with Crippen LogP contribution in [0.2, 0.25) is 0 Å². The van der Waals surface area contributed by atoms with Crippen LogP contribution in [0, 0.1) is 0 Å². The quantitative estimate of drug-likeness (QED) is 0.185. The lowest BCUT2D eigenvalue weighted by Crippen LogP contribution is -2.10. The van der Waals surface area contributed by atoms with Gasteiger partial charge in [-0.25, -0.2) is 4.98 Å². The van der Waals surface area contributed by atoms with Crippen LogP contribution < -0.4 is 4.90 Å². The van der Waals surface area contributed by atoms with E-state index in [-0.39, 0.29) is 0 Å². The van der Waals surface area contributed by atoms with Crippen molar-refractivity contribution in [2.24, 2.45) is 0 Å². The van der Waals surface area contributed by atoms with Gasteiger partial charge in [0, 0.05) is 33.6 Å². The highest BCUT2D eigenvalue weighted by atomic mass is 15.2. The van der Waals surface area contributed by atoms with Crippen LogP contribution >= 0.6 is 0 Å². The number of nitrogens with zero attached hydrogens (tertiary/aromatic N) is 5. The maximum Gasteiger partial charge on any atom is 0.238 e. The topological polar surface area (TPSA) is 46.8 Å². The SMILES string of the molecule is c1ccc(-c2nc(-c3ccccc3)nc(-n3c(-c4ccccc4)cc4cc(N(c5ccccc5)c5ccccc5)ccc43)n2)cc1. The van der Waals surface area contributed by atoms with Gasteiger partial charge in [0.2, 0.25) is 5.95 Å². The standard InChI is InChI=1S/C41H29N5/c1-6-16-30(17-7-1)38-29-33-28-36(45(34-22-12-4-13-23-34)35-24-14-5-15-25-35)26-27-37(33)46(38)41-43-39(31-18-8-2-9-19-31)42-40(44-41)32-20-10-3-11-21-32/h1-29H. The van der Waals surface area contributed by atoms with Crippen LogP contribution in [0.25, 0.3) is 50.9 Å². The van der Waals surface area contributed by atoms with E-state index in [0.717, 1.165) is 50.3 Å². The fraction of sp³-hybridized carbons (Fsp3) is 0. The number of hydrogen-bond acceptors (Lipinski definition) is 4. The normalized spacial score (nSPS) is 11.0. The molecule has 8 rings (SSSR count). The molecule has 0 aliphatic heterocycles. The van der Waals surface area contributed by atoms with Gasteiger partial charge in [0.15, 0.2) is 11.6 Å². The zero-order valence-electron chi connectivity index (χ0n) is 25.0. The Morgan fingerprint density at radius 3 is 1.35 bits per heavy atom. The van der Waals surface area contributed by atoms with Crippen molar-refractivity contribution in [1.29, 1.82) is 0 Å². The van der Waals surface area contributed by atoms with E-state index in [1.807, 2.05) is 78.9 Å². The van der Waals surface area contributed by atoms with E-state index in [1.54, 1.807) is 0 Å². The number of fused-ring (bicyclic) bond motifs is 1. The van der Waals surface area contributed by atoms with Crippen LogP contribution in [0.4, 0.5) is 17.1 Å². The van der Waals surface area contributed by atoms with E-state index in [1.165, 1.54) is 0 Å². The highest BCUT2D eigenvalue weighted by Crippen LogP contribution is 2.38. The molecule has 5 nitrogen and oxygen atoms in total. The summed E-state index contributed by atoms with van der Waals surface area (Å²) in [6.07, 6.45) is 0. The fourth-order valence-corrected chi connectivity index (χ4v) is 5.88. The summed E-state index contributed by atoms with van der Waals surface area (Å²) in [7, 11) is 0. The van der Waals surface area contributed by atoms with E-state index in [0.29, 0.717) is 17.6 Å². The molecule has 0 fully saturated rings. The highest BCUT2D eigenvalue weighted by molar-refractivity contribution is 5.93. The molecule has 0 radical (unpaired) electrons. The molecule has 0 unspecified atom stereocenters. The number of hydrogen-bond donors (Lipinski definition) is 0. The molecule has 0 spiro atoms. The lowest BCUT2D eigenvalue weighted by molar-refractivity contribution is 0.938. The first-order valence-corrected chi connectivity index (χ1v) is 15.3. The second kappa shape index (κ2) is 12.0. The molecule has 46 heavy (non-hydrogen) atoms. The van der Waals surface area contributed by atoms with Gasteiger partial charge >= 0.3 is 0 Å². The molecule has 8 aromatic rings. The van der Waals surface area contributed by atoms with Crippen molar-refractivity contribution in [2.75, 3.05) is 4.90 Å². The Morgan fingerprint density at radius 1 is 0.391 bits per heavy atom.